The van der Waals surface area contributed by atoms with E-state index in [1.54, 1.807) is 7.11 Å². The van der Waals surface area contributed by atoms with Crippen LogP contribution in [0.4, 0.5) is 0 Å². The maximum Gasteiger partial charge on any atom is 0.311 e. The molecule has 0 aromatic heterocycles. The molecule has 102 valence electrons. The first-order chi connectivity index (χ1) is 9.70. The van der Waals surface area contributed by atoms with Crippen LogP contribution in [0, 0.1) is 0 Å². The van der Waals surface area contributed by atoms with E-state index >= 15 is 0 Å². The van der Waals surface area contributed by atoms with Crippen LogP contribution in [0.5, 0.6) is 0 Å². The second-order valence-corrected chi connectivity index (χ2v) is 4.61. The topological polar surface area (TPSA) is 55.8 Å². The van der Waals surface area contributed by atoms with Gasteiger partial charge >= 0.3 is 5.97 Å². The van der Waals surface area contributed by atoms with Gasteiger partial charge in [-0.3, -0.25) is 4.79 Å². The molecule has 0 fully saturated rings. The van der Waals surface area contributed by atoms with Gasteiger partial charge in [-0.15, -0.1) is 0 Å². The molecule has 1 aromatic rings. The smallest absolute Gasteiger partial charge is 0.311 e. The van der Waals surface area contributed by atoms with E-state index in [-0.39, 0.29) is 12.5 Å². The van der Waals surface area contributed by atoms with E-state index in [4.69, 9.17) is 14.6 Å². The highest BCUT2D eigenvalue weighted by molar-refractivity contribution is 5.79. The fourth-order valence-electron chi connectivity index (χ4n) is 2.58. The molecule has 0 saturated heterocycles. The number of ether oxygens (including phenoxy) is 2. The Hall–Kier alpha value is -2.49. The Balaban J connectivity index is 2.32. The van der Waals surface area contributed by atoms with E-state index in [1.807, 2.05) is 42.5 Å². The summed E-state index contributed by atoms with van der Waals surface area (Å²) in [5.74, 6) is 0.337. The number of hydrogen-bond acceptors (Lipinski definition) is 3. The predicted molar refractivity (Wildman–Crippen MR) is 73.9 cm³/mol. The van der Waals surface area contributed by atoms with Gasteiger partial charge in [0.05, 0.1) is 7.11 Å². The summed E-state index contributed by atoms with van der Waals surface area (Å²) in [7, 11) is 1.62. The maximum absolute atomic E-state index is 11.0. The first-order valence-corrected chi connectivity index (χ1v) is 6.34. The summed E-state index contributed by atoms with van der Waals surface area (Å²) < 4.78 is 11.3. The van der Waals surface area contributed by atoms with Gasteiger partial charge in [0.2, 0.25) is 0 Å². The number of aliphatic carboxylic acids is 1. The minimum atomic E-state index is -0.902. The summed E-state index contributed by atoms with van der Waals surface area (Å²) in [5.41, 5.74) is 0.944. The minimum Gasteiger partial charge on any atom is -0.496 e. The van der Waals surface area contributed by atoms with E-state index in [2.05, 4.69) is 0 Å². The Morgan fingerprint density at radius 3 is 2.80 bits per heavy atom. The van der Waals surface area contributed by atoms with Crippen LogP contribution in [0.3, 0.4) is 0 Å². The van der Waals surface area contributed by atoms with Crippen LogP contribution < -0.4 is 10.4 Å². The average molecular weight is 270 g/mol. The Morgan fingerprint density at radius 2 is 2.10 bits per heavy atom. The van der Waals surface area contributed by atoms with Crippen molar-refractivity contribution < 1.29 is 19.4 Å². The lowest BCUT2D eigenvalue weighted by Gasteiger charge is -2.27. The zero-order valence-corrected chi connectivity index (χ0v) is 11.0. The molecule has 1 N–H and O–H groups in total. The molecule has 1 unspecified atom stereocenters. The van der Waals surface area contributed by atoms with Crippen LogP contribution in [0.25, 0.3) is 11.3 Å². The summed E-state index contributed by atoms with van der Waals surface area (Å²) in [6.07, 6.45) is 5.23. The van der Waals surface area contributed by atoms with Gasteiger partial charge in [-0.05, 0) is 17.4 Å². The summed E-state index contributed by atoms with van der Waals surface area (Å²) in [6.45, 7) is 0. The summed E-state index contributed by atoms with van der Waals surface area (Å²) in [5, 5.41) is 10.8. The Labute approximate surface area is 115 Å². The standard InChI is InChI=1S/C16H14O4/c1-19-12-7-4-8-13-16(12)11-6-3-2-5-10(11)14(20-13)9-15(17)18/h2-8,13H,9H2,1H3,(H,17,18). The molecule has 1 aliphatic heterocycles. The third-order valence-corrected chi connectivity index (χ3v) is 3.40. The quantitative estimate of drug-likeness (QED) is 0.887. The molecule has 0 spiro atoms. The van der Waals surface area contributed by atoms with Crippen LogP contribution in [-0.2, 0) is 14.3 Å². The number of hydrogen-bond donors (Lipinski definition) is 1. The molecule has 1 atom stereocenters. The van der Waals surface area contributed by atoms with Crippen molar-refractivity contribution in [2.75, 3.05) is 7.11 Å². The lowest BCUT2D eigenvalue weighted by atomic mass is 9.95. The molecule has 4 nitrogen and oxygen atoms in total. The molecule has 3 rings (SSSR count). The van der Waals surface area contributed by atoms with E-state index in [9.17, 15) is 4.79 Å². The molecule has 0 radical (unpaired) electrons. The molecular formula is C16H14O4. The van der Waals surface area contributed by atoms with E-state index in [0.29, 0.717) is 5.76 Å². The van der Waals surface area contributed by atoms with Gasteiger partial charge in [-0.25, -0.2) is 0 Å². The van der Waals surface area contributed by atoms with Crippen molar-refractivity contribution >= 4 is 17.3 Å². The van der Waals surface area contributed by atoms with Crippen molar-refractivity contribution in [1.29, 1.82) is 0 Å². The molecule has 1 aromatic carbocycles. The van der Waals surface area contributed by atoms with Crippen LogP contribution in [0.1, 0.15) is 6.42 Å². The fraction of sp³-hybridized carbons (Fsp3) is 0.188. The molecular weight excluding hydrogens is 256 g/mol. The number of allylic oxidation sites excluding steroid dienone is 2. The molecule has 1 aliphatic carbocycles. The average Bonchev–Trinajstić information content (AvgIpc) is 2.46. The SMILES string of the molecule is COC1=CC=CC2OC(CC(=O)O)=c3ccccc3=C12. The normalized spacial score (nSPS) is 19.6. The second kappa shape index (κ2) is 4.89. The van der Waals surface area contributed by atoms with Crippen molar-refractivity contribution in [3.63, 3.8) is 0 Å². The van der Waals surface area contributed by atoms with Crippen molar-refractivity contribution in [1.82, 2.24) is 0 Å². The largest absolute Gasteiger partial charge is 0.496 e. The zero-order valence-electron chi connectivity index (χ0n) is 11.0. The molecule has 0 amide bonds. The number of methoxy groups -OCH3 is 1. The van der Waals surface area contributed by atoms with Gasteiger partial charge < -0.3 is 14.6 Å². The first-order valence-electron chi connectivity index (χ1n) is 6.34. The van der Waals surface area contributed by atoms with Crippen LogP contribution in [0.2, 0.25) is 0 Å². The van der Waals surface area contributed by atoms with Gasteiger partial charge in [0.25, 0.3) is 0 Å². The summed E-state index contributed by atoms with van der Waals surface area (Å²) in [6, 6.07) is 7.65. The van der Waals surface area contributed by atoms with Gasteiger partial charge in [0, 0.05) is 10.8 Å². The predicted octanol–water partition coefficient (Wildman–Crippen LogP) is 0.919. The van der Waals surface area contributed by atoms with Gasteiger partial charge in [-0.1, -0.05) is 30.3 Å². The lowest BCUT2D eigenvalue weighted by Crippen LogP contribution is -2.40. The highest BCUT2D eigenvalue weighted by atomic mass is 16.5. The first kappa shape index (κ1) is 12.5. The molecule has 0 saturated carbocycles. The zero-order chi connectivity index (χ0) is 14.1. The summed E-state index contributed by atoms with van der Waals surface area (Å²) >= 11 is 0. The van der Waals surface area contributed by atoms with Gasteiger partial charge in [0.1, 0.15) is 24.0 Å². The molecule has 20 heavy (non-hydrogen) atoms. The minimum absolute atomic E-state index is 0.124. The molecule has 4 heteroatoms. The van der Waals surface area contributed by atoms with Crippen molar-refractivity contribution in [2.45, 2.75) is 12.5 Å². The fourth-order valence-corrected chi connectivity index (χ4v) is 2.58. The van der Waals surface area contributed by atoms with Crippen molar-refractivity contribution in [3.8, 4) is 0 Å². The van der Waals surface area contributed by atoms with E-state index < -0.39 is 5.97 Å². The Bertz CT molecular complexity index is 740. The van der Waals surface area contributed by atoms with Crippen LogP contribution in [0.15, 0.2) is 48.3 Å². The molecule has 2 aliphatic rings. The van der Waals surface area contributed by atoms with Crippen LogP contribution in [-0.4, -0.2) is 24.3 Å². The highest BCUT2D eigenvalue weighted by Gasteiger charge is 2.27. The number of carboxylic acid groups (broad SMARTS) is 1. The molecule has 0 bridgehead atoms. The number of benzene rings is 1. The molecule has 1 heterocycles. The highest BCUT2D eigenvalue weighted by Crippen LogP contribution is 2.27. The number of fused-ring (bicyclic) bond motifs is 2. The Morgan fingerprint density at radius 1 is 1.35 bits per heavy atom. The third kappa shape index (κ3) is 1.99. The Kier molecular flexibility index (Phi) is 3.06. The van der Waals surface area contributed by atoms with Gasteiger partial charge in [-0.2, -0.15) is 0 Å². The maximum atomic E-state index is 11.0. The summed E-state index contributed by atoms with van der Waals surface area (Å²) in [4.78, 5) is 11.0. The third-order valence-electron chi connectivity index (χ3n) is 3.40. The number of rotatable bonds is 3. The van der Waals surface area contributed by atoms with Crippen molar-refractivity contribution in [3.05, 3.63) is 58.7 Å². The number of carbonyl (C=O) groups is 1. The van der Waals surface area contributed by atoms with Gasteiger partial charge in [0.15, 0.2) is 0 Å². The number of carboxylic acids is 1. The van der Waals surface area contributed by atoms with Crippen LogP contribution >= 0.6 is 0 Å². The second-order valence-electron chi connectivity index (χ2n) is 4.61. The van der Waals surface area contributed by atoms with E-state index in [1.165, 1.54) is 0 Å². The lowest BCUT2D eigenvalue weighted by molar-refractivity contribution is -0.136. The monoisotopic (exact) mass is 270 g/mol. The van der Waals surface area contributed by atoms with Crippen molar-refractivity contribution in [2.24, 2.45) is 0 Å². The van der Waals surface area contributed by atoms with E-state index in [0.717, 1.165) is 21.8 Å².